The van der Waals surface area contributed by atoms with E-state index in [-0.39, 0.29) is 6.04 Å². The van der Waals surface area contributed by atoms with Crippen LogP contribution in [0.1, 0.15) is 47.9 Å². The van der Waals surface area contributed by atoms with E-state index in [2.05, 4.69) is 34.7 Å². The monoisotopic (exact) mass is 283 g/mol. The minimum Gasteiger partial charge on any atom is -0.481 e. The van der Waals surface area contributed by atoms with Gasteiger partial charge in [0.2, 0.25) is 5.88 Å². The molecule has 0 amide bonds. The largest absolute Gasteiger partial charge is 0.481 e. The lowest BCUT2D eigenvalue weighted by Gasteiger charge is -2.27. The normalized spacial score (nSPS) is 16.3. The molecule has 3 N–H and O–H groups in total. The molecule has 0 radical (unpaired) electrons. The minimum absolute atomic E-state index is 0.117. The van der Waals surface area contributed by atoms with E-state index >= 15 is 0 Å². The summed E-state index contributed by atoms with van der Waals surface area (Å²) in [7, 11) is 1.63. The average molecular weight is 283 g/mol. The maximum absolute atomic E-state index is 5.80. The molecule has 1 atom stereocenters. The van der Waals surface area contributed by atoms with E-state index in [1.54, 1.807) is 13.3 Å². The van der Waals surface area contributed by atoms with Crippen LogP contribution in [0.3, 0.4) is 0 Å². The van der Waals surface area contributed by atoms with E-state index in [0.29, 0.717) is 11.8 Å². The molecule has 21 heavy (non-hydrogen) atoms. The van der Waals surface area contributed by atoms with Gasteiger partial charge in [0.25, 0.3) is 0 Å². The minimum atomic E-state index is -0.117. The quantitative estimate of drug-likeness (QED) is 0.654. The van der Waals surface area contributed by atoms with Gasteiger partial charge in [-0.3, -0.25) is 5.84 Å². The predicted octanol–water partition coefficient (Wildman–Crippen LogP) is 2.91. The second kappa shape index (κ2) is 6.24. The Morgan fingerprint density at radius 3 is 2.81 bits per heavy atom. The maximum Gasteiger partial charge on any atom is 0.218 e. The van der Waals surface area contributed by atoms with Crippen LogP contribution in [-0.2, 0) is 0 Å². The fourth-order valence-corrected chi connectivity index (χ4v) is 2.89. The first kappa shape index (κ1) is 14.0. The Balaban J connectivity index is 1.95. The fraction of sp³-hybridized carbons (Fsp3) is 0.353. The molecule has 4 nitrogen and oxygen atoms in total. The number of nitrogens with zero attached hydrogens (tertiary/aromatic N) is 1. The number of pyridine rings is 1. The predicted molar refractivity (Wildman–Crippen MR) is 83.0 cm³/mol. The number of hydrazine groups is 1. The summed E-state index contributed by atoms with van der Waals surface area (Å²) in [6, 6.07) is 12.4. The molecule has 0 saturated heterocycles. The Morgan fingerprint density at radius 2 is 2.14 bits per heavy atom. The molecule has 3 rings (SSSR count). The van der Waals surface area contributed by atoms with Crippen molar-refractivity contribution in [2.75, 3.05) is 7.11 Å². The van der Waals surface area contributed by atoms with Crippen LogP contribution in [0, 0.1) is 0 Å². The molecule has 1 aliphatic rings. The van der Waals surface area contributed by atoms with Crippen molar-refractivity contribution in [3.63, 3.8) is 0 Å². The number of nitrogens with one attached hydrogen (secondary N) is 1. The summed E-state index contributed by atoms with van der Waals surface area (Å²) in [5.74, 6) is 7.11. The van der Waals surface area contributed by atoms with E-state index in [1.807, 2.05) is 12.1 Å². The number of ether oxygens (including phenoxy) is 1. The van der Waals surface area contributed by atoms with Crippen molar-refractivity contribution >= 4 is 0 Å². The average Bonchev–Trinajstić information content (AvgIpc) is 2.47. The van der Waals surface area contributed by atoms with Gasteiger partial charge in [0.1, 0.15) is 0 Å². The number of aromatic nitrogens is 1. The molecule has 1 unspecified atom stereocenters. The SMILES string of the molecule is COc1ncccc1C(NN)c1cccc(C2CCC2)c1. The molecule has 0 bridgehead atoms. The van der Waals surface area contributed by atoms with E-state index < -0.39 is 0 Å². The van der Waals surface area contributed by atoms with Gasteiger partial charge < -0.3 is 4.74 Å². The van der Waals surface area contributed by atoms with Crippen LogP contribution in [0.25, 0.3) is 0 Å². The van der Waals surface area contributed by atoms with Gasteiger partial charge in [0, 0.05) is 11.8 Å². The molecule has 1 saturated carbocycles. The summed E-state index contributed by atoms with van der Waals surface area (Å²) in [4.78, 5) is 4.26. The second-order valence-corrected chi connectivity index (χ2v) is 5.50. The summed E-state index contributed by atoms with van der Waals surface area (Å²) in [5.41, 5.74) is 6.39. The third-order valence-corrected chi connectivity index (χ3v) is 4.29. The lowest BCUT2D eigenvalue weighted by molar-refractivity contribution is 0.387. The van der Waals surface area contributed by atoms with Crippen molar-refractivity contribution in [1.82, 2.24) is 10.4 Å². The molecule has 1 heterocycles. The number of hydrogen-bond acceptors (Lipinski definition) is 4. The van der Waals surface area contributed by atoms with Crippen LogP contribution in [-0.4, -0.2) is 12.1 Å². The number of nitrogens with two attached hydrogens (primary N) is 1. The van der Waals surface area contributed by atoms with Gasteiger partial charge in [-0.15, -0.1) is 0 Å². The summed E-state index contributed by atoms with van der Waals surface area (Å²) in [6.07, 6.45) is 5.64. The highest BCUT2D eigenvalue weighted by molar-refractivity contribution is 5.39. The third kappa shape index (κ3) is 2.77. The zero-order valence-electron chi connectivity index (χ0n) is 12.3. The van der Waals surface area contributed by atoms with Crippen molar-refractivity contribution in [3.8, 4) is 5.88 Å². The van der Waals surface area contributed by atoms with E-state index in [1.165, 1.54) is 24.8 Å². The second-order valence-electron chi connectivity index (χ2n) is 5.50. The lowest BCUT2D eigenvalue weighted by atomic mass is 9.79. The lowest BCUT2D eigenvalue weighted by Crippen LogP contribution is -2.29. The third-order valence-electron chi connectivity index (χ3n) is 4.29. The van der Waals surface area contributed by atoms with E-state index in [4.69, 9.17) is 10.6 Å². The zero-order valence-corrected chi connectivity index (χ0v) is 12.3. The van der Waals surface area contributed by atoms with Gasteiger partial charge in [-0.25, -0.2) is 10.4 Å². The molecule has 1 fully saturated rings. The molecule has 1 aromatic heterocycles. The van der Waals surface area contributed by atoms with Gasteiger partial charge in [-0.05, 0) is 36.0 Å². The number of hydrogen-bond donors (Lipinski definition) is 2. The number of rotatable bonds is 5. The highest BCUT2D eigenvalue weighted by Gasteiger charge is 2.22. The molecule has 1 aromatic carbocycles. The summed E-state index contributed by atoms with van der Waals surface area (Å²) in [5, 5.41) is 0. The Hall–Kier alpha value is -1.91. The standard InChI is InChI=1S/C17H21N3O/c1-21-17-15(9-4-10-19-17)16(20-18)14-8-3-7-13(11-14)12-5-2-6-12/h3-4,7-12,16,20H,2,5-6,18H2,1H3. The Kier molecular flexibility index (Phi) is 4.18. The van der Waals surface area contributed by atoms with Crippen molar-refractivity contribution in [1.29, 1.82) is 0 Å². The molecule has 0 aliphatic heterocycles. The molecule has 110 valence electrons. The van der Waals surface area contributed by atoms with E-state index in [9.17, 15) is 0 Å². The molecular weight excluding hydrogens is 262 g/mol. The van der Waals surface area contributed by atoms with Gasteiger partial charge in [-0.2, -0.15) is 0 Å². The van der Waals surface area contributed by atoms with E-state index in [0.717, 1.165) is 11.1 Å². The fourth-order valence-electron chi connectivity index (χ4n) is 2.89. The smallest absolute Gasteiger partial charge is 0.218 e. The van der Waals surface area contributed by atoms with Crippen LogP contribution in [0.2, 0.25) is 0 Å². The topological polar surface area (TPSA) is 60.2 Å². The molecule has 2 aromatic rings. The Morgan fingerprint density at radius 1 is 1.29 bits per heavy atom. The first-order valence-corrected chi connectivity index (χ1v) is 7.38. The highest BCUT2D eigenvalue weighted by atomic mass is 16.5. The van der Waals surface area contributed by atoms with Crippen LogP contribution in [0.5, 0.6) is 5.88 Å². The van der Waals surface area contributed by atoms with Crippen LogP contribution >= 0.6 is 0 Å². The van der Waals surface area contributed by atoms with Crippen LogP contribution in [0.15, 0.2) is 42.6 Å². The van der Waals surface area contributed by atoms with Crippen LogP contribution < -0.4 is 16.0 Å². The molecule has 0 spiro atoms. The van der Waals surface area contributed by atoms with Crippen molar-refractivity contribution in [2.24, 2.45) is 5.84 Å². The summed E-state index contributed by atoms with van der Waals surface area (Å²) in [6.45, 7) is 0. The first-order valence-electron chi connectivity index (χ1n) is 7.38. The van der Waals surface area contributed by atoms with Gasteiger partial charge >= 0.3 is 0 Å². The van der Waals surface area contributed by atoms with Gasteiger partial charge in [0.15, 0.2) is 0 Å². The van der Waals surface area contributed by atoms with Gasteiger partial charge in [0.05, 0.1) is 13.2 Å². The Bertz CT molecular complexity index is 610. The summed E-state index contributed by atoms with van der Waals surface area (Å²) >= 11 is 0. The maximum atomic E-state index is 5.80. The number of benzene rings is 1. The number of methoxy groups -OCH3 is 1. The zero-order chi connectivity index (χ0) is 14.7. The summed E-state index contributed by atoms with van der Waals surface area (Å²) < 4.78 is 5.35. The molecule has 4 heteroatoms. The van der Waals surface area contributed by atoms with Crippen molar-refractivity contribution in [3.05, 3.63) is 59.3 Å². The highest BCUT2D eigenvalue weighted by Crippen LogP contribution is 2.37. The van der Waals surface area contributed by atoms with Crippen molar-refractivity contribution in [2.45, 2.75) is 31.2 Å². The van der Waals surface area contributed by atoms with Gasteiger partial charge in [-0.1, -0.05) is 36.8 Å². The molecule has 1 aliphatic carbocycles. The van der Waals surface area contributed by atoms with Crippen LogP contribution in [0.4, 0.5) is 0 Å². The first-order chi connectivity index (χ1) is 10.3. The van der Waals surface area contributed by atoms with Crippen molar-refractivity contribution < 1.29 is 4.74 Å². The Labute approximate surface area is 125 Å². The molecular formula is C17H21N3O.